The van der Waals surface area contributed by atoms with Crippen molar-refractivity contribution in [3.05, 3.63) is 41.2 Å². The first-order chi connectivity index (χ1) is 10.1. The summed E-state index contributed by atoms with van der Waals surface area (Å²) in [6, 6.07) is 0. The number of carbonyl (C=O) groups excluding carboxylic acids is 1. The molecule has 3 heterocycles. The first-order valence-electron chi connectivity index (χ1n) is 6.84. The largest absolute Gasteiger partial charge is 0.370 e. The van der Waals surface area contributed by atoms with Crippen LogP contribution in [0.15, 0.2) is 18.6 Å². The smallest absolute Gasteiger partial charge is 0.271 e. The highest BCUT2D eigenvalue weighted by atomic mass is 16.5. The second-order valence-electron chi connectivity index (χ2n) is 5.08. The zero-order chi connectivity index (χ0) is 14.8. The molecule has 2 aromatic heterocycles. The van der Waals surface area contributed by atoms with E-state index in [1.807, 2.05) is 20.2 Å². The molecule has 1 aliphatic rings. The number of amides is 1. The monoisotopic (exact) mass is 287 g/mol. The van der Waals surface area contributed by atoms with Crippen LogP contribution in [-0.4, -0.2) is 38.8 Å². The van der Waals surface area contributed by atoms with E-state index in [4.69, 9.17) is 4.74 Å². The van der Waals surface area contributed by atoms with Crippen LogP contribution >= 0.6 is 0 Å². The Morgan fingerprint density at radius 1 is 1.48 bits per heavy atom. The number of nitrogens with one attached hydrogen (secondary N) is 1. The number of aryl methyl sites for hydroxylation is 2. The standard InChI is InChI=1S/C14H17N5O2/c1-9-5-16-11(6-15-9)14(20)17-7-12-13-10(3-4-21-12)8-19(2)18-13/h5-6,8,12H,3-4,7H2,1-2H3,(H,17,20)/t12-/m0/s1. The summed E-state index contributed by atoms with van der Waals surface area (Å²) >= 11 is 0. The van der Waals surface area contributed by atoms with Gasteiger partial charge >= 0.3 is 0 Å². The van der Waals surface area contributed by atoms with E-state index in [0.29, 0.717) is 18.8 Å². The van der Waals surface area contributed by atoms with E-state index in [1.54, 1.807) is 10.9 Å². The average Bonchev–Trinajstić information content (AvgIpc) is 2.86. The summed E-state index contributed by atoms with van der Waals surface area (Å²) in [5.41, 5.74) is 3.16. The van der Waals surface area contributed by atoms with Crippen LogP contribution in [0.5, 0.6) is 0 Å². The predicted molar refractivity (Wildman–Crippen MR) is 74.7 cm³/mol. The van der Waals surface area contributed by atoms with E-state index in [1.165, 1.54) is 11.8 Å². The van der Waals surface area contributed by atoms with Crippen molar-refractivity contribution in [3.63, 3.8) is 0 Å². The number of fused-ring (bicyclic) bond motifs is 1. The Morgan fingerprint density at radius 3 is 3.10 bits per heavy atom. The van der Waals surface area contributed by atoms with E-state index in [2.05, 4.69) is 20.4 Å². The van der Waals surface area contributed by atoms with Crippen molar-refractivity contribution in [1.82, 2.24) is 25.1 Å². The molecule has 1 aliphatic heterocycles. The zero-order valence-electron chi connectivity index (χ0n) is 12.0. The number of rotatable bonds is 3. The second-order valence-corrected chi connectivity index (χ2v) is 5.08. The summed E-state index contributed by atoms with van der Waals surface area (Å²) in [6.07, 6.45) is 5.69. The number of ether oxygens (including phenoxy) is 1. The van der Waals surface area contributed by atoms with Crippen molar-refractivity contribution in [1.29, 1.82) is 0 Å². The van der Waals surface area contributed by atoms with Crippen LogP contribution in [0.4, 0.5) is 0 Å². The third kappa shape index (κ3) is 2.92. The highest BCUT2D eigenvalue weighted by molar-refractivity contribution is 5.91. The maximum Gasteiger partial charge on any atom is 0.271 e. The van der Waals surface area contributed by atoms with Gasteiger partial charge in [0.1, 0.15) is 11.8 Å². The van der Waals surface area contributed by atoms with Gasteiger partial charge in [-0.1, -0.05) is 0 Å². The molecule has 7 nitrogen and oxygen atoms in total. The fourth-order valence-electron chi connectivity index (χ4n) is 2.35. The van der Waals surface area contributed by atoms with Gasteiger partial charge in [0.05, 0.1) is 24.2 Å². The lowest BCUT2D eigenvalue weighted by atomic mass is 10.1. The van der Waals surface area contributed by atoms with Gasteiger partial charge in [-0.25, -0.2) is 4.98 Å². The van der Waals surface area contributed by atoms with Crippen LogP contribution in [-0.2, 0) is 18.2 Å². The molecule has 0 radical (unpaired) electrons. The number of aromatic nitrogens is 4. The lowest BCUT2D eigenvalue weighted by Crippen LogP contribution is -2.32. The van der Waals surface area contributed by atoms with Crippen molar-refractivity contribution < 1.29 is 9.53 Å². The minimum atomic E-state index is -0.255. The lowest BCUT2D eigenvalue weighted by molar-refractivity contribution is 0.0383. The molecule has 0 saturated carbocycles. The number of nitrogens with zero attached hydrogens (tertiary/aromatic N) is 4. The fourth-order valence-corrected chi connectivity index (χ4v) is 2.35. The van der Waals surface area contributed by atoms with Crippen molar-refractivity contribution >= 4 is 5.91 Å². The number of hydrogen-bond acceptors (Lipinski definition) is 5. The van der Waals surface area contributed by atoms with E-state index in [9.17, 15) is 4.79 Å². The first kappa shape index (κ1) is 13.7. The topological polar surface area (TPSA) is 81.9 Å². The molecule has 0 spiro atoms. The molecule has 0 bridgehead atoms. The Labute approximate surface area is 122 Å². The second kappa shape index (κ2) is 5.61. The third-order valence-corrected chi connectivity index (χ3v) is 3.39. The molecule has 0 aliphatic carbocycles. The molecular weight excluding hydrogens is 270 g/mol. The van der Waals surface area contributed by atoms with Crippen LogP contribution in [0.3, 0.4) is 0 Å². The normalized spacial score (nSPS) is 17.3. The van der Waals surface area contributed by atoms with E-state index in [0.717, 1.165) is 17.8 Å². The summed E-state index contributed by atoms with van der Waals surface area (Å²) in [5, 5.41) is 7.23. The molecule has 7 heteroatoms. The first-order valence-corrected chi connectivity index (χ1v) is 6.84. The molecule has 0 unspecified atom stereocenters. The van der Waals surface area contributed by atoms with Crippen LogP contribution < -0.4 is 5.32 Å². The Morgan fingerprint density at radius 2 is 2.33 bits per heavy atom. The van der Waals surface area contributed by atoms with Crippen LogP contribution in [0.25, 0.3) is 0 Å². The summed E-state index contributed by atoms with van der Waals surface area (Å²) in [6.45, 7) is 2.84. The zero-order valence-corrected chi connectivity index (χ0v) is 12.0. The molecule has 2 aromatic rings. The minimum absolute atomic E-state index is 0.211. The van der Waals surface area contributed by atoms with Gasteiger partial charge in [0.25, 0.3) is 5.91 Å². The van der Waals surface area contributed by atoms with Gasteiger partial charge < -0.3 is 10.1 Å². The highest BCUT2D eigenvalue weighted by Crippen LogP contribution is 2.24. The summed E-state index contributed by atoms with van der Waals surface area (Å²) in [5.74, 6) is -0.255. The predicted octanol–water partition coefficient (Wildman–Crippen LogP) is 0.562. The van der Waals surface area contributed by atoms with Crippen molar-refractivity contribution in [2.45, 2.75) is 19.4 Å². The Balaban J connectivity index is 1.65. The molecule has 21 heavy (non-hydrogen) atoms. The lowest BCUT2D eigenvalue weighted by Gasteiger charge is -2.22. The van der Waals surface area contributed by atoms with Gasteiger partial charge in [-0.3, -0.25) is 14.5 Å². The molecule has 0 fully saturated rings. The maximum absolute atomic E-state index is 12.0. The number of carbonyl (C=O) groups is 1. The van der Waals surface area contributed by atoms with Gasteiger partial charge in [-0.15, -0.1) is 0 Å². The molecule has 1 amide bonds. The minimum Gasteiger partial charge on any atom is -0.370 e. The molecule has 0 aromatic carbocycles. The summed E-state index contributed by atoms with van der Waals surface area (Å²) in [7, 11) is 1.88. The van der Waals surface area contributed by atoms with Gasteiger partial charge in [0, 0.05) is 26.0 Å². The molecule has 3 rings (SSSR count). The molecule has 0 saturated heterocycles. The van der Waals surface area contributed by atoms with Gasteiger partial charge in [0.15, 0.2) is 0 Å². The van der Waals surface area contributed by atoms with Crippen molar-refractivity contribution in [2.75, 3.05) is 13.2 Å². The third-order valence-electron chi connectivity index (χ3n) is 3.39. The molecule has 110 valence electrons. The van der Waals surface area contributed by atoms with E-state index < -0.39 is 0 Å². The van der Waals surface area contributed by atoms with E-state index in [-0.39, 0.29) is 12.0 Å². The van der Waals surface area contributed by atoms with E-state index >= 15 is 0 Å². The summed E-state index contributed by atoms with van der Waals surface area (Å²) in [4.78, 5) is 20.1. The van der Waals surface area contributed by atoms with Crippen LogP contribution in [0, 0.1) is 6.92 Å². The van der Waals surface area contributed by atoms with Crippen molar-refractivity contribution in [2.24, 2.45) is 7.05 Å². The Kier molecular flexibility index (Phi) is 3.66. The quantitative estimate of drug-likeness (QED) is 0.892. The SMILES string of the molecule is Cc1cnc(C(=O)NC[C@@H]2OCCc3cn(C)nc32)cn1. The van der Waals surface area contributed by atoms with Crippen LogP contribution in [0.2, 0.25) is 0 Å². The number of hydrogen-bond donors (Lipinski definition) is 1. The van der Waals surface area contributed by atoms with Gasteiger partial charge in [0.2, 0.25) is 0 Å². The Hall–Kier alpha value is -2.28. The fraction of sp³-hybridized carbons (Fsp3) is 0.429. The van der Waals surface area contributed by atoms with Crippen LogP contribution in [0.1, 0.15) is 33.5 Å². The highest BCUT2D eigenvalue weighted by Gasteiger charge is 2.25. The molecule has 1 atom stereocenters. The molecule has 1 N–H and O–H groups in total. The maximum atomic E-state index is 12.0. The van der Waals surface area contributed by atoms with Gasteiger partial charge in [-0.05, 0) is 18.9 Å². The Bertz CT molecular complexity index is 650. The summed E-state index contributed by atoms with van der Waals surface area (Å²) < 4.78 is 7.47. The van der Waals surface area contributed by atoms with Gasteiger partial charge in [-0.2, -0.15) is 5.10 Å². The molecular formula is C14H17N5O2. The average molecular weight is 287 g/mol. The van der Waals surface area contributed by atoms with Crippen molar-refractivity contribution in [3.8, 4) is 0 Å².